The molecule has 1 atom stereocenters. The van der Waals surface area contributed by atoms with E-state index in [1.165, 1.54) is 0 Å². The molecule has 0 aliphatic rings. The molecule has 0 saturated heterocycles. The Labute approximate surface area is 223 Å². The van der Waals surface area contributed by atoms with Gasteiger partial charge in [0.05, 0.1) is 11.4 Å². The number of aromatic nitrogens is 3. The molecule has 2 heterocycles. The molecule has 4 aromatic rings. The third kappa shape index (κ3) is 6.93. The first-order chi connectivity index (χ1) is 18.3. The van der Waals surface area contributed by atoms with E-state index in [1.54, 1.807) is 61.1 Å². The molecule has 4 rings (SSSR count). The number of hydrogen-bond donors (Lipinski definition) is 4. The van der Waals surface area contributed by atoms with Crippen molar-refractivity contribution in [2.24, 2.45) is 0 Å². The maximum atomic E-state index is 12.7. The molecule has 0 spiro atoms. The van der Waals surface area contributed by atoms with E-state index in [1.807, 2.05) is 26.0 Å². The van der Waals surface area contributed by atoms with Crippen LogP contribution >= 0.6 is 0 Å². The molecule has 0 aliphatic heterocycles. The molecule has 2 aromatic heterocycles. The minimum absolute atomic E-state index is 0.0165. The van der Waals surface area contributed by atoms with E-state index in [4.69, 9.17) is 9.96 Å². The van der Waals surface area contributed by atoms with E-state index in [9.17, 15) is 9.00 Å². The number of amides is 1. The van der Waals surface area contributed by atoms with Crippen LogP contribution in [0.1, 0.15) is 46.8 Å². The number of carbonyl (C=O) groups is 1. The van der Waals surface area contributed by atoms with Crippen molar-refractivity contribution in [3.8, 4) is 11.3 Å². The predicted molar refractivity (Wildman–Crippen MR) is 150 cm³/mol. The van der Waals surface area contributed by atoms with Crippen LogP contribution in [0.4, 0.5) is 17.3 Å². The van der Waals surface area contributed by atoms with Crippen LogP contribution in [-0.4, -0.2) is 35.3 Å². The van der Waals surface area contributed by atoms with Crippen molar-refractivity contribution in [1.82, 2.24) is 15.0 Å². The van der Waals surface area contributed by atoms with Crippen molar-refractivity contribution in [1.29, 1.82) is 5.41 Å². The molecule has 0 radical (unpaired) electrons. The van der Waals surface area contributed by atoms with E-state index >= 15 is 0 Å². The van der Waals surface area contributed by atoms with Gasteiger partial charge >= 0.3 is 0 Å². The molecule has 10 heteroatoms. The Balaban J connectivity index is 1.50. The number of carbonyl (C=O) groups excluding carboxylic acids is 1. The van der Waals surface area contributed by atoms with Gasteiger partial charge in [-0.25, -0.2) is 14.2 Å². The lowest BCUT2D eigenvalue weighted by Crippen LogP contribution is -2.12. The third-order valence-electron chi connectivity index (χ3n) is 5.79. The standard InChI is InChI=1S/C28H28N6O3S/c1-3-4-24(29)21-13-22(16-30-15-21)25-11-12-31-28(33-25)34-26-14-23(10-5-18(26)2)32-27(35)20-8-6-19(7-9-20)17-38(36)37/h5-16,29H,3-4,17H2,1-2H3,(H,32,35)(H,36,37)(H,31,33,34). The van der Waals surface area contributed by atoms with Gasteiger partial charge in [-0.2, -0.15) is 0 Å². The van der Waals surface area contributed by atoms with Gasteiger partial charge < -0.3 is 20.6 Å². The average molecular weight is 529 g/mol. The Morgan fingerprint density at radius 1 is 1.05 bits per heavy atom. The zero-order valence-electron chi connectivity index (χ0n) is 21.1. The molecular formula is C28H28N6O3S. The summed E-state index contributed by atoms with van der Waals surface area (Å²) in [6.07, 6.45) is 6.64. The first kappa shape index (κ1) is 26.8. The van der Waals surface area contributed by atoms with E-state index in [2.05, 4.69) is 25.6 Å². The summed E-state index contributed by atoms with van der Waals surface area (Å²) in [6, 6.07) is 15.8. The predicted octanol–water partition coefficient (Wildman–Crippen LogP) is 5.73. The van der Waals surface area contributed by atoms with Crippen molar-refractivity contribution in [2.75, 3.05) is 10.6 Å². The van der Waals surface area contributed by atoms with Gasteiger partial charge in [0.25, 0.3) is 5.91 Å². The molecule has 194 valence electrons. The lowest BCUT2D eigenvalue weighted by atomic mass is 10.1. The SMILES string of the molecule is CCCC(=N)c1cncc(-c2ccnc(Nc3cc(NC(=O)c4ccc(CS(=O)O)cc4)ccc3C)n2)c1. The molecule has 4 N–H and O–H groups in total. The van der Waals surface area contributed by atoms with Crippen LogP contribution in [-0.2, 0) is 16.8 Å². The maximum Gasteiger partial charge on any atom is 0.255 e. The van der Waals surface area contributed by atoms with Crippen LogP contribution in [0, 0.1) is 12.3 Å². The summed E-state index contributed by atoms with van der Waals surface area (Å²) >= 11 is -1.93. The first-order valence-corrected chi connectivity index (χ1v) is 13.3. The molecule has 1 amide bonds. The Morgan fingerprint density at radius 3 is 2.58 bits per heavy atom. The van der Waals surface area contributed by atoms with Crippen LogP contribution in [0.25, 0.3) is 11.3 Å². The van der Waals surface area contributed by atoms with Gasteiger partial charge in [-0.1, -0.05) is 31.5 Å². The number of aryl methyl sites for hydroxylation is 1. The first-order valence-electron chi connectivity index (χ1n) is 12.0. The Bertz CT molecular complexity index is 1490. The molecule has 0 saturated carbocycles. The zero-order chi connectivity index (χ0) is 27.1. The normalized spacial score (nSPS) is 11.6. The molecule has 2 aromatic carbocycles. The quantitative estimate of drug-likeness (QED) is 0.152. The topological polar surface area (TPSA) is 141 Å². The highest BCUT2D eigenvalue weighted by atomic mass is 32.2. The minimum Gasteiger partial charge on any atom is -0.324 e. The monoisotopic (exact) mass is 528 g/mol. The Morgan fingerprint density at radius 2 is 1.84 bits per heavy atom. The van der Waals surface area contributed by atoms with Gasteiger partial charge in [0.2, 0.25) is 5.95 Å². The highest BCUT2D eigenvalue weighted by Crippen LogP contribution is 2.25. The fourth-order valence-corrected chi connectivity index (χ4v) is 4.25. The second-order valence-electron chi connectivity index (χ2n) is 8.73. The van der Waals surface area contributed by atoms with Gasteiger partial charge in [-0.15, -0.1) is 0 Å². The number of nitrogens with zero attached hydrogens (tertiary/aromatic N) is 3. The van der Waals surface area contributed by atoms with E-state index in [0.29, 0.717) is 40.6 Å². The van der Waals surface area contributed by atoms with Gasteiger partial charge in [0.15, 0.2) is 11.1 Å². The van der Waals surface area contributed by atoms with Crippen LogP contribution in [0.3, 0.4) is 0 Å². The molecular weight excluding hydrogens is 500 g/mol. The molecule has 9 nitrogen and oxygen atoms in total. The molecule has 0 fully saturated rings. The van der Waals surface area contributed by atoms with E-state index in [0.717, 1.165) is 28.8 Å². The zero-order valence-corrected chi connectivity index (χ0v) is 21.9. The average Bonchev–Trinajstić information content (AvgIpc) is 2.91. The van der Waals surface area contributed by atoms with E-state index < -0.39 is 11.1 Å². The summed E-state index contributed by atoms with van der Waals surface area (Å²) < 4.78 is 20.0. The van der Waals surface area contributed by atoms with Gasteiger partial charge in [0.1, 0.15) is 0 Å². The maximum absolute atomic E-state index is 12.7. The van der Waals surface area contributed by atoms with E-state index in [-0.39, 0.29) is 11.7 Å². The second-order valence-corrected chi connectivity index (χ2v) is 9.66. The number of rotatable bonds is 10. The minimum atomic E-state index is -1.93. The summed E-state index contributed by atoms with van der Waals surface area (Å²) in [5.74, 6) is 0.110. The van der Waals surface area contributed by atoms with Gasteiger partial charge in [-0.3, -0.25) is 9.78 Å². The second kappa shape index (κ2) is 12.3. The van der Waals surface area contributed by atoms with Crippen LogP contribution < -0.4 is 10.6 Å². The van der Waals surface area contributed by atoms with Gasteiger partial charge in [0, 0.05) is 52.4 Å². The van der Waals surface area contributed by atoms with Gasteiger partial charge in [-0.05, 0) is 60.9 Å². The van der Waals surface area contributed by atoms with Crippen molar-refractivity contribution >= 4 is 40.0 Å². The summed E-state index contributed by atoms with van der Waals surface area (Å²) in [7, 11) is 0. The highest BCUT2D eigenvalue weighted by Gasteiger charge is 2.11. The van der Waals surface area contributed by atoms with Crippen LogP contribution in [0.5, 0.6) is 0 Å². The fourth-order valence-electron chi connectivity index (χ4n) is 3.77. The number of hydrogen-bond acceptors (Lipinski definition) is 7. The smallest absolute Gasteiger partial charge is 0.255 e. The van der Waals surface area contributed by atoms with Crippen molar-refractivity contribution in [3.63, 3.8) is 0 Å². The van der Waals surface area contributed by atoms with Crippen molar-refractivity contribution in [3.05, 3.63) is 95.4 Å². The van der Waals surface area contributed by atoms with Crippen LogP contribution in [0.2, 0.25) is 0 Å². The highest BCUT2D eigenvalue weighted by molar-refractivity contribution is 7.78. The largest absolute Gasteiger partial charge is 0.324 e. The molecule has 38 heavy (non-hydrogen) atoms. The number of benzene rings is 2. The number of pyridine rings is 1. The van der Waals surface area contributed by atoms with Crippen LogP contribution in [0.15, 0.2) is 73.2 Å². The fraction of sp³-hybridized carbons (Fsp3) is 0.179. The summed E-state index contributed by atoms with van der Waals surface area (Å²) in [5.41, 5.74) is 6.16. The number of nitrogens with one attached hydrogen (secondary N) is 3. The lowest BCUT2D eigenvalue weighted by molar-refractivity contribution is 0.102. The summed E-state index contributed by atoms with van der Waals surface area (Å²) in [4.78, 5) is 26.0. The lowest BCUT2D eigenvalue weighted by Gasteiger charge is -2.12. The number of anilines is 3. The molecule has 0 bridgehead atoms. The van der Waals surface area contributed by atoms with Crippen molar-refractivity contribution in [2.45, 2.75) is 32.4 Å². The Hall–Kier alpha value is -4.28. The Kier molecular flexibility index (Phi) is 8.67. The summed E-state index contributed by atoms with van der Waals surface area (Å²) in [5, 5.41) is 14.3. The summed E-state index contributed by atoms with van der Waals surface area (Å²) in [6.45, 7) is 3.98. The van der Waals surface area contributed by atoms with Crippen molar-refractivity contribution < 1.29 is 13.6 Å². The molecule has 1 unspecified atom stereocenters. The third-order valence-corrected chi connectivity index (χ3v) is 6.37. The molecule has 0 aliphatic carbocycles.